The molecule has 0 unspecified atom stereocenters. The van der Waals surface area contributed by atoms with Gasteiger partial charge in [0.2, 0.25) is 0 Å². The van der Waals surface area contributed by atoms with E-state index >= 15 is 0 Å². The predicted molar refractivity (Wildman–Crippen MR) is 93.2 cm³/mol. The largest absolute Gasteiger partial charge is 0.481 e. The predicted octanol–water partition coefficient (Wildman–Crippen LogP) is 3.05. The van der Waals surface area contributed by atoms with Crippen LogP contribution in [0.1, 0.15) is 12.8 Å². The average Bonchev–Trinajstić information content (AvgIpc) is 3.06. The van der Waals surface area contributed by atoms with E-state index < -0.39 is 5.97 Å². The second-order valence-electron chi connectivity index (χ2n) is 5.86. The highest BCUT2D eigenvalue weighted by molar-refractivity contribution is 7.21. The maximum absolute atomic E-state index is 11.1. The number of nitrogens with zero attached hydrogens (tertiary/aromatic N) is 4. The maximum Gasteiger partial charge on any atom is 0.306 e. The van der Waals surface area contributed by atoms with Crippen LogP contribution in [0, 0.1) is 5.92 Å². The maximum atomic E-state index is 11.1. The molecular weight excluding hydrogens is 324 g/mol. The minimum atomic E-state index is -0.693. The Hall–Kier alpha value is -2.54. The van der Waals surface area contributed by atoms with Crippen molar-refractivity contribution < 1.29 is 9.90 Å². The Morgan fingerprint density at radius 3 is 2.75 bits per heavy atom. The number of aromatic nitrogens is 3. The van der Waals surface area contributed by atoms with Crippen molar-refractivity contribution in [1.82, 2.24) is 15.0 Å². The quantitative estimate of drug-likeness (QED) is 0.789. The molecule has 7 heteroatoms. The first-order valence-corrected chi connectivity index (χ1v) is 8.68. The number of anilines is 1. The second kappa shape index (κ2) is 6.16. The summed E-state index contributed by atoms with van der Waals surface area (Å²) in [4.78, 5) is 27.6. The molecule has 0 amide bonds. The third-order valence-corrected chi connectivity index (χ3v) is 5.34. The Morgan fingerprint density at radius 2 is 2.04 bits per heavy atom. The van der Waals surface area contributed by atoms with Crippen LogP contribution in [-0.4, -0.2) is 39.1 Å². The van der Waals surface area contributed by atoms with Crippen molar-refractivity contribution in [3.05, 3.63) is 36.7 Å². The number of piperidine rings is 1. The summed E-state index contributed by atoms with van der Waals surface area (Å²) in [6, 6.07) is 7.82. The van der Waals surface area contributed by atoms with E-state index in [1.807, 2.05) is 24.3 Å². The molecule has 0 radical (unpaired) electrons. The summed E-state index contributed by atoms with van der Waals surface area (Å²) >= 11 is 1.56. The molecule has 0 atom stereocenters. The van der Waals surface area contributed by atoms with Crippen molar-refractivity contribution in [3.8, 4) is 11.3 Å². The second-order valence-corrected chi connectivity index (χ2v) is 6.81. The van der Waals surface area contributed by atoms with Gasteiger partial charge in [0.25, 0.3) is 0 Å². The van der Waals surface area contributed by atoms with Gasteiger partial charge in [-0.25, -0.2) is 9.97 Å². The molecule has 24 heavy (non-hydrogen) atoms. The molecule has 0 bridgehead atoms. The van der Waals surface area contributed by atoms with Crippen LogP contribution in [-0.2, 0) is 4.79 Å². The van der Waals surface area contributed by atoms with Crippen molar-refractivity contribution >= 4 is 32.8 Å². The highest BCUT2D eigenvalue weighted by Crippen LogP contribution is 2.32. The summed E-state index contributed by atoms with van der Waals surface area (Å²) in [5.74, 6) is -0.923. The van der Waals surface area contributed by atoms with Crippen LogP contribution in [0.4, 0.5) is 5.13 Å². The Bertz CT molecular complexity index is 873. The first-order chi connectivity index (χ1) is 11.7. The number of aliphatic carboxylic acids is 1. The van der Waals surface area contributed by atoms with E-state index in [2.05, 4.69) is 14.9 Å². The zero-order valence-electron chi connectivity index (χ0n) is 12.9. The van der Waals surface area contributed by atoms with Crippen molar-refractivity contribution in [1.29, 1.82) is 0 Å². The van der Waals surface area contributed by atoms with Crippen LogP contribution in [0.5, 0.6) is 0 Å². The van der Waals surface area contributed by atoms with Gasteiger partial charge in [0, 0.05) is 31.0 Å². The fourth-order valence-corrected chi connectivity index (χ4v) is 3.92. The molecule has 0 spiro atoms. The zero-order valence-corrected chi connectivity index (χ0v) is 13.7. The Labute approximate surface area is 142 Å². The summed E-state index contributed by atoms with van der Waals surface area (Å²) in [6.07, 6.45) is 4.87. The van der Waals surface area contributed by atoms with Crippen LogP contribution in [0.2, 0.25) is 0 Å². The van der Waals surface area contributed by atoms with Gasteiger partial charge >= 0.3 is 5.97 Å². The number of carboxylic acids is 1. The van der Waals surface area contributed by atoms with E-state index in [4.69, 9.17) is 10.1 Å². The molecule has 1 saturated heterocycles. The lowest BCUT2D eigenvalue weighted by atomic mass is 9.98. The normalized spacial score (nSPS) is 15.8. The average molecular weight is 340 g/mol. The number of pyridine rings is 2. The lowest BCUT2D eigenvalue weighted by Crippen LogP contribution is -2.36. The minimum Gasteiger partial charge on any atom is -0.481 e. The molecule has 6 nitrogen and oxygen atoms in total. The molecule has 122 valence electrons. The molecule has 4 heterocycles. The van der Waals surface area contributed by atoms with E-state index in [0.717, 1.165) is 39.8 Å². The third-order valence-electron chi connectivity index (χ3n) is 4.32. The molecular formula is C17H16N4O2S. The van der Waals surface area contributed by atoms with Gasteiger partial charge in [0.1, 0.15) is 10.3 Å². The van der Waals surface area contributed by atoms with Crippen LogP contribution in [0.15, 0.2) is 36.7 Å². The molecule has 0 aromatic carbocycles. The summed E-state index contributed by atoms with van der Waals surface area (Å²) in [7, 11) is 0. The lowest BCUT2D eigenvalue weighted by Gasteiger charge is -2.29. The molecule has 3 aromatic rings. The van der Waals surface area contributed by atoms with Gasteiger partial charge in [-0.1, -0.05) is 11.3 Å². The standard InChI is InChI=1S/C17H16N4O2S/c22-16(23)11-5-8-21(9-6-11)17-20-14-4-3-13(19-15(14)24-17)12-2-1-7-18-10-12/h1-4,7,10-11H,5-6,8-9H2,(H,22,23). The van der Waals surface area contributed by atoms with Crippen LogP contribution in [0.25, 0.3) is 21.6 Å². The molecule has 1 N–H and O–H groups in total. The van der Waals surface area contributed by atoms with Crippen LogP contribution in [0.3, 0.4) is 0 Å². The van der Waals surface area contributed by atoms with E-state index in [-0.39, 0.29) is 5.92 Å². The number of hydrogen-bond acceptors (Lipinski definition) is 6. The van der Waals surface area contributed by atoms with E-state index in [0.29, 0.717) is 12.8 Å². The van der Waals surface area contributed by atoms with Gasteiger partial charge in [-0.05, 0) is 37.1 Å². The topological polar surface area (TPSA) is 79.2 Å². The molecule has 0 aliphatic carbocycles. The highest BCUT2D eigenvalue weighted by Gasteiger charge is 2.26. The number of carbonyl (C=O) groups is 1. The summed E-state index contributed by atoms with van der Waals surface area (Å²) in [5, 5.41) is 10.0. The van der Waals surface area contributed by atoms with Crippen molar-refractivity contribution in [2.45, 2.75) is 12.8 Å². The summed E-state index contributed by atoms with van der Waals surface area (Å²) in [5.41, 5.74) is 2.75. The lowest BCUT2D eigenvalue weighted by molar-refractivity contribution is -0.142. The van der Waals surface area contributed by atoms with E-state index in [9.17, 15) is 4.79 Å². The Morgan fingerprint density at radius 1 is 1.21 bits per heavy atom. The summed E-state index contributed by atoms with van der Waals surface area (Å²) in [6.45, 7) is 1.46. The minimum absolute atomic E-state index is 0.231. The molecule has 1 aliphatic heterocycles. The van der Waals surface area contributed by atoms with Crippen molar-refractivity contribution in [2.75, 3.05) is 18.0 Å². The molecule has 1 fully saturated rings. The van der Waals surface area contributed by atoms with Gasteiger partial charge in [0.15, 0.2) is 5.13 Å². The van der Waals surface area contributed by atoms with Crippen molar-refractivity contribution in [3.63, 3.8) is 0 Å². The Balaban J connectivity index is 1.59. The highest BCUT2D eigenvalue weighted by atomic mass is 32.1. The fourth-order valence-electron chi connectivity index (χ4n) is 2.93. The number of carboxylic acid groups (broad SMARTS) is 1. The van der Waals surface area contributed by atoms with Crippen LogP contribution < -0.4 is 4.90 Å². The van der Waals surface area contributed by atoms with Crippen molar-refractivity contribution in [2.24, 2.45) is 5.92 Å². The zero-order chi connectivity index (χ0) is 16.5. The monoisotopic (exact) mass is 340 g/mol. The molecule has 1 aliphatic rings. The molecule has 0 saturated carbocycles. The van der Waals surface area contributed by atoms with Gasteiger partial charge in [-0.3, -0.25) is 9.78 Å². The van der Waals surface area contributed by atoms with Gasteiger partial charge in [0.05, 0.1) is 11.6 Å². The smallest absolute Gasteiger partial charge is 0.306 e. The van der Waals surface area contributed by atoms with E-state index in [1.165, 1.54) is 0 Å². The van der Waals surface area contributed by atoms with Gasteiger partial charge in [-0.15, -0.1) is 0 Å². The third kappa shape index (κ3) is 2.82. The fraction of sp³-hybridized carbons (Fsp3) is 0.294. The first kappa shape index (κ1) is 15.0. The van der Waals surface area contributed by atoms with Crippen LogP contribution >= 0.6 is 11.3 Å². The number of fused-ring (bicyclic) bond motifs is 1. The Kier molecular flexibility index (Phi) is 3.86. The van der Waals surface area contributed by atoms with Gasteiger partial charge in [-0.2, -0.15) is 0 Å². The molecule has 3 aromatic heterocycles. The number of hydrogen-bond donors (Lipinski definition) is 1. The number of thiazole rings is 1. The molecule has 4 rings (SSSR count). The SMILES string of the molecule is O=C(O)C1CCN(c2nc3ccc(-c4cccnc4)nc3s2)CC1. The van der Waals surface area contributed by atoms with Gasteiger partial charge < -0.3 is 10.0 Å². The summed E-state index contributed by atoms with van der Waals surface area (Å²) < 4.78 is 0. The number of rotatable bonds is 3. The first-order valence-electron chi connectivity index (χ1n) is 7.86. The van der Waals surface area contributed by atoms with E-state index in [1.54, 1.807) is 23.7 Å².